The smallest absolute Gasteiger partial charge is 0.282 e. The van der Waals surface area contributed by atoms with Gasteiger partial charge in [-0.1, -0.05) is 109 Å². The highest BCUT2D eigenvalue weighted by molar-refractivity contribution is 7.85. The minimum atomic E-state index is -4.11. The second kappa shape index (κ2) is 13.6. The molecule has 1 N–H and O–H groups in total. The molecular weight excluding hydrogens is 396 g/mol. The van der Waals surface area contributed by atoms with Gasteiger partial charge in [0.1, 0.15) is 0 Å². The van der Waals surface area contributed by atoms with Crippen LogP contribution < -0.4 is 0 Å². The van der Waals surface area contributed by atoms with E-state index in [1.165, 1.54) is 82.4 Å². The fourth-order valence-corrected chi connectivity index (χ4v) is 7.17. The van der Waals surface area contributed by atoms with Crippen molar-refractivity contribution in [2.75, 3.05) is 0 Å². The third-order valence-corrected chi connectivity index (χ3v) is 10.4. The van der Waals surface area contributed by atoms with Gasteiger partial charge >= 0.3 is 0 Å². The first-order valence-electron chi connectivity index (χ1n) is 11.7. The number of hydrogen-bond acceptors (Lipinski definition) is 2. The van der Waals surface area contributed by atoms with Gasteiger partial charge in [0.05, 0.1) is 4.90 Å². The van der Waals surface area contributed by atoms with Crippen LogP contribution in [0.25, 0.3) is 0 Å². The fraction of sp³-hybridized carbons (Fsp3) is 0.750. The lowest BCUT2D eigenvalue weighted by atomic mass is 10.0. The molecule has 29 heavy (non-hydrogen) atoms. The molecular formula is C24H44O3SSi. The summed E-state index contributed by atoms with van der Waals surface area (Å²) in [5, 5.41) is 0. The maximum absolute atomic E-state index is 11.4. The van der Waals surface area contributed by atoms with Crippen LogP contribution in [0.1, 0.15) is 88.7 Å². The molecule has 0 aliphatic rings. The van der Waals surface area contributed by atoms with Crippen LogP contribution in [0.2, 0.25) is 25.2 Å². The second-order valence-corrected chi connectivity index (χ2v) is 16.3. The lowest BCUT2D eigenvalue weighted by Crippen LogP contribution is -2.24. The molecule has 0 bridgehead atoms. The molecule has 0 saturated carbocycles. The molecule has 0 fully saturated rings. The highest BCUT2D eigenvalue weighted by Gasteiger charge is 2.20. The second-order valence-electron chi connectivity index (χ2n) is 9.51. The Kier molecular flexibility index (Phi) is 12.4. The molecule has 1 aromatic rings. The average molecular weight is 441 g/mol. The van der Waals surface area contributed by atoms with Crippen LogP contribution in [0.4, 0.5) is 0 Å². The number of hydrogen-bond donors (Lipinski definition) is 1. The average Bonchev–Trinajstić information content (AvgIpc) is 2.63. The van der Waals surface area contributed by atoms with Crippen LogP contribution in [0, 0.1) is 6.92 Å². The highest BCUT2D eigenvalue weighted by Crippen LogP contribution is 2.24. The van der Waals surface area contributed by atoms with E-state index in [4.69, 9.17) is 0 Å². The molecule has 1 aromatic carbocycles. The van der Waals surface area contributed by atoms with E-state index < -0.39 is 18.2 Å². The van der Waals surface area contributed by atoms with Crippen LogP contribution in [-0.4, -0.2) is 21.0 Å². The van der Waals surface area contributed by atoms with E-state index in [0.29, 0.717) is 0 Å². The maximum atomic E-state index is 11.4. The third-order valence-electron chi connectivity index (χ3n) is 6.13. The Bertz CT molecular complexity index is 683. The monoisotopic (exact) mass is 440 g/mol. The van der Waals surface area contributed by atoms with Crippen molar-refractivity contribution in [1.29, 1.82) is 0 Å². The van der Waals surface area contributed by atoms with Crippen LogP contribution in [0.5, 0.6) is 0 Å². The number of benzene rings is 1. The summed E-state index contributed by atoms with van der Waals surface area (Å²) in [6.45, 7) is 9.26. The van der Waals surface area contributed by atoms with E-state index in [-0.39, 0.29) is 4.90 Å². The van der Waals surface area contributed by atoms with Crippen molar-refractivity contribution in [3.63, 3.8) is 0 Å². The van der Waals surface area contributed by atoms with Crippen molar-refractivity contribution in [3.05, 3.63) is 29.3 Å². The molecule has 0 aromatic heterocycles. The Morgan fingerprint density at radius 2 is 1.34 bits per heavy atom. The van der Waals surface area contributed by atoms with Gasteiger partial charge in [0.2, 0.25) is 0 Å². The molecule has 0 aliphatic heterocycles. The van der Waals surface area contributed by atoms with E-state index in [2.05, 4.69) is 20.0 Å². The summed E-state index contributed by atoms with van der Waals surface area (Å²) in [5.74, 6) is 0. The summed E-state index contributed by atoms with van der Waals surface area (Å²) in [6, 6.07) is 7.60. The van der Waals surface area contributed by atoms with Gasteiger partial charge in [-0.25, -0.2) is 0 Å². The topological polar surface area (TPSA) is 54.4 Å². The molecule has 5 heteroatoms. The highest BCUT2D eigenvalue weighted by atomic mass is 32.2. The minimum Gasteiger partial charge on any atom is -0.282 e. The van der Waals surface area contributed by atoms with Crippen molar-refractivity contribution in [1.82, 2.24) is 0 Å². The Morgan fingerprint density at radius 1 is 0.828 bits per heavy atom. The Labute approximate surface area is 181 Å². The number of aryl methyl sites for hydroxylation is 2. The SMILES string of the molecule is CCCCCCCCCCCC[Si](C)(C)CCCc1cc(S(=O)(=O)O)ccc1C. The van der Waals surface area contributed by atoms with Gasteiger partial charge in [0.15, 0.2) is 0 Å². The van der Waals surface area contributed by atoms with E-state index in [0.717, 1.165) is 24.0 Å². The zero-order valence-corrected chi connectivity index (χ0v) is 21.1. The molecule has 0 heterocycles. The van der Waals surface area contributed by atoms with Gasteiger partial charge in [0.25, 0.3) is 10.1 Å². The van der Waals surface area contributed by atoms with Crippen molar-refractivity contribution < 1.29 is 13.0 Å². The summed E-state index contributed by atoms with van der Waals surface area (Å²) in [4.78, 5) is 0.0139. The molecule has 3 nitrogen and oxygen atoms in total. The first-order chi connectivity index (χ1) is 13.7. The van der Waals surface area contributed by atoms with Crippen LogP contribution in [0.3, 0.4) is 0 Å². The largest absolute Gasteiger partial charge is 0.294 e. The molecule has 0 amide bonds. The van der Waals surface area contributed by atoms with Gasteiger partial charge in [-0.3, -0.25) is 4.55 Å². The summed E-state index contributed by atoms with van der Waals surface area (Å²) < 4.78 is 32.0. The van der Waals surface area contributed by atoms with Crippen LogP contribution in [-0.2, 0) is 16.5 Å². The predicted molar refractivity (Wildman–Crippen MR) is 128 cm³/mol. The van der Waals surface area contributed by atoms with Crippen LogP contribution in [0.15, 0.2) is 23.1 Å². The van der Waals surface area contributed by atoms with Crippen molar-refractivity contribution in [3.8, 4) is 0 Å². The summed E-state index contributed by atoms with van der Waals surface area (Å²) in [5.41, 5.74) is 2.15. The minimum absolute atomic E-state index is 0.0139. The molecule has 0 unspecified atom stereocenters. The summed E-state index contributed by atoms with van der Waals surface area (Å²) in [6.07, 6.45) is 15.9. The molecule has 0 saturated heterocycles. The molecule has 0 radical (unpaired) electrons. The maximum Gasteiger partial charge on any atom is 0.294 e. The zero-order valence-electron chi connectivity index (χ0n) is 19.3. The molecule has 0 atom stereocenters. The van der Waals surface area contributed by atoms with Gasteiger partial charge in [-0.15, -0.1) is 0 Å². The Hall–Kier alpha value is -0.653. The van der Waals surface area contributed by atoms with Gasteiger partial charge in [0, 0.05) is 8.07 Å². The summed E-state index contributed by atoms with van der Waals surface area (Å²) >= 11 is 0. The van der Waals surface area contributed by atoms with E-state index in [1.54, 1.807) is 12.1 Å². The Balaban J connectivity index is 2.22. The predicted octanol–water partition coefficient (Wildman–Crippen LogP) is 7.80. The van der Waals surface area contributed by atoms with Crippen LogP contribution >= 0.6 is 0 Å². The van der Waals surface area contributed by atoms with E-state index in [9.17, 15) is 13.0 Å². The molecule has 0 aliphatic carbocycles. The summed E-state index contributed by atoms with van der Waals surface area (Å²) in [7, 11) is -5.30. The number of unbranched alkanes of at least 4 members (excludes halogenated alkanes) is 9. The first kappa shape index (κ1) is 26.4. The molecule has 168 valence electrons. The Morgan fingerprint density at radius 3 is 1.90 bits per heavy atom. The number of rotatable bonds is 16. The van der Waals surface area contributed by atoms with Gasteiger partial charge < -0.3 is 0 Å². The third kappa shape index (κ3) is 11.9. The lowest BCUT2D eigenvalue weighted by molar-refractivity contribution is 0.483. The molecule has 1 rings (SSSR count). The standard InChI is InChI=1S/C24H44O3SSi/c1-5-6-7-8-9-10-11-12-13-14-19-29(3,4)20-15-16-23-21-24(28(25,26)27)18-17-22(23)2/h17-18,21H,5-16,19-20H2,1-4H3,(H,25,26,27). The quantitative estimate of drug-likeness (QED) is 0.162. The van der Waals surface area contributed by atoms with Gasteiger partial charge in [-0.05, 0) is 36.6 Å². The molecule has 0 spiro atoms. The van der Waals surface area contributed by atoms with Gasteiger partial charge in [-0.2, -0.15) is 8.42 Å². The zero-order chi connectivity index (χ0) is 21.8. The van der Waals surface area contributed by atoms with Crippen molar-refractivity contribution >= 4 is 18.2 Å². The van der Waals surface area contributed by atoms with Crippen molar-refractivity contribution in [2.45, 2.75) is 121 Å². The fourth-order valence-electron chi connectivity index (χ4n) is 4.05. The lowest BCUT2D eigenvalue weighted by Gasteiger charge is -2.22. The first-order valence-corrected chi connectivity index (χ1v) is 16.6. The normalized spacial score (nSPS) is 12.4. The van der Waals surface area contributed by atoms with Crippen molar-refractivity contribution in [2.24, 2.45) is 0 Å². The van der Waals surface area contributed by atoms with E-state index >= 15 is 0 Å². The van der Waals surface area contributed by atoms with E-state index in [1.807, 2.05) is 6.92 Å².